The Hall–Kier alpha value is -2.53. The van der Waals surface area contributed by atoms with Crippen LogP contribution in [0, 0.1) is 0 Å². The number of likely N-dealkylation sites (tertiary alicyclic amines) is 1. The number of ether oxygens (including phenoxy) is 1. The normalized spacial score (nSPS) is 16.0. The quantitative estimate of drug-likeness (QED) is 0.489. The van der Waals surface area contributed by atoms with Crippen molar-refractivity contribution < 1.29 is 9.53 Å². The molecule has 0 aromatic heterocycles. The third-order valence-corrected chi connectivity index (χ3v) is 5.90. The van der Waals surface area contributed by atoms with Gasteiger partial charge < -0.3 is 15.0 Å². The molecule has 0 radical (unpaired) electrons. The van der Waals surface area contributed by atoms with Gasteiger partial charge in [0, 0.05) is 29.7 Å². The summed E-state index contributed by atoms with van der Waals surface area (Å²) in [5.74, 6) is 0. The SMILES string of the molecule is O=C(NCc1ccccc1)N1CC[C@@H](OC(c2ccc(Cl)cc2)c2ccc(Cl)cc2)C1. The Morgan fingerprint density at radius 2 is 1.52 bits per heavy atom. The summed E-state index contributed by atoms with van der Waals surface area (Å²) in [6, 6.07) is 25.2. The zero-order chi connectivity index (χ0) is 21.6. The summed E-state index contributed by atoms with van der Waals surface area (Å²) in [4.78, 5) is 14.4. The molecule has 160 valence electrons. The van der Waals surface area contributed by atoms with E-state index in [1.807, 2.05) is 83.8 Å². The molecule has 2 amide bonds. The minimum absolute atomic E-state index is 0.0566. The van der Waals surface area contributed by atoms with E-state index < -0.39 is 0 Å². The maximum Gasteiger partial charge on any atom is 0.317 e. The van der Waals surface area contributed by atoms with Crippen LogP contribution in [-0.4, -0.2) is 30.1 Å². The Morgan fingerprint density at radius 3 is 2.10 bits per heavy atom. The van der Waals surface area contributed by atoms with Crippen LogP contribution >= 0.6 is 23.2 Å². The van der Waals surface area contributed by atoms with Crippen LogP contribution in [0.1, 0.15) is 29.2 Å². The lowest BCUT2D eigenvalue weighted by Crippen LogP contribution is -2.38. The molecule has 1 atom stereocenters. The molecule has 1 fully saturated rings. The van der Waals surface area contributed by atoms with Crippen LogP contribution < -0.4 is 5.32 Å². The predicted octanol–water partition coefficient (Wildman–Crippen LogP) is 6.08. The first-order valence-corrected chi connectivity index (χ1v) is 11.1. The Kier molecular flexibility index (Phi) is 7.13. The van der Waals surface area contributed by atoms with Gasteiger partial charge in [0.05, 0.1) is 6.10 Å². The lowest BCUT2D eigenvalue weighted by molar-refractivity contribution is 0.0160. The van der Waals surface area contributed by atoms with Crippen molar-refractivity contribution in [3.05, 3.63) is 106 Å². The Balaban J connectivity index is 1.41. The fourth-order valence-electron chi connectivity index (χ4n) is 3.73. The Labute approximate surface area is 192 Å². The molecule has 0 bridgehead atoms. The van der Waals surface area contributed by atoms with Crippen molar-refractivity contribution >= 4 is 29.2 Å². The molecule has 1 heterocycles. The molecule has 0 unspecified atom stereocenters. The lowest BCUT2D eigenvalue weighted by Gasteiger charge is -2.24. The molecule has 6 heteroatoms. The third kappa shape index (κ3) is 5.79. The van der Waals surface area contributed by atoms with Gasteiger partial charge in [-0.05, 0) is 47.4 Å². The number of benzene rings is 3. The minimum atomic E-state index is -0.258. The molecule has 3 aromatic rings. The van der Waals surface area contributed by atoms with Gasteiger partial charge in [0.15, 0.2) is 0 Å². The van der Waals surface area contributed by atoms with Crippen molar-refractivity contribution in [2.24, 2.45) is 0 Å². The van der Waals surface area contributed by atoms with Crippen molar-refractivity contribution in [2.45, 2.75) is 25.2 Å². The van der Waals surface area contributed by atoms with Gasteiger partial charge >= 0.3 is 6.03 Å². The summed E-state index contributed by atoms with van der Waals surface area (Å²) in [7, 11) is 0. The maximum absolute atomic E-state index is 12.6. The van der Waals surface area contributed by atoms with E-state index in [0.29, 0.717) is 29.7 Å². The van der Waals surface area contributed by atoms with Gasteiger partial charge in [0.2, 0.25) is 0 Å². The molecule has 0 saturated carbocycles. The van der Waals surface area contributed by atoms with Gasteiger partial charge in [-0.2, -0.15) is 0 Å². The molecular formula is C25H24Cl2N2O2. The number of nitrogens with zero attached hydrogens (tertiary/aromatic N) is 1. The van der Waals surface area contributed by atoms with Gasteiger partial charge in [0.25, 0.3) is 0 Å². The van der Waals surface area contributed by atoms with Crippen LogP contribution in [0.25, 0.3) is 0 Å². The van der Waals surface area contributed by atoms with E-state index in [1.165, 1.54) is 0 Å². The van der Waals surface area contributed by atoms with E-state index >= 15 is 0 Å². The molecule has 1 aliphatic heterocycles. The van der Waals surface area contributed by atoms with Crippen LogP contribution in [0.3, 0.4) is 0 Å². The van der Waals surface area contributed by atoms with Gasteiger partial charge in [0.1, 0.15) is 6.10 Å². The summed E-state index contributed by atoms with van der Waals surface area (Å²) in [6.07, 6.45) is 0.474. The molecule has 4 rings (SSSR count). The van der Waals surface area contributed by atoms with Crippen molar-refractivity contribution in [1.82, 2.24) is 10.2 Å². The van der Waals surface area contributed by atoms with E-state index in [1.54, 1.807) is 0 Å². The zero-order valence-electron chi connectivity index (χ0n) is 17.0. The fourth-order valence-corrected chi connectivity index (χ4v) is 3.98. The monoisotopic (exact) mass is 454 g/mol. The highest BCUT2D eigenvalue weighted by Gasteiger charge is 2.30. The van der Waals surface area contributed by atoms with Crippen LogP contribution in [0.15, 0.2) is 78.9 Å². The van der Waals surface area contributed by atoms with Gasteiger partial charge in [-0.25, -0.2) is 4.79 Å². The predicted molar refractivity (Wildman–Crippen MR) is 124 cm³/mol. The number of rotatable bonds is 6. The van der Waals surface area contributed by atoms with Crippen molar-refractivity contribution in [1.29, 1.82) is 0 Å². The molecule has 31 heavy (non-hydrogen) atoms. The highest BCUT2D eigenvalue weighted by Crippen LogP contribution is 2.31. The largest absolute Gasteiger partial charge is 0.364 e. The summed E-state index contributed by atoms with van der Waals surface area (Å²) in [6.45, 7) is 1.73. The zero-order valence-corrected chi connectivity index (χ0v) is 18.5. The standard InChI is InChI=1S/C25H24Cl2N2O2/c26-21-10-6-19(7-11-21)24(20-8-12-22(27)13-9-20)31-23-14-15-29(17-23)25(30)28-16-18-4-2-1-3-5-18/h1-13,23-24H,14-17H2,(H,28,30)/t23-/m1/s1. The van der Waals surface area contributed by atoms with Crippen molar-refractivity contribution in [2.75, 3.05) is 13.1 Å². The van der Waals surface area contributed by atoms with Crippen LogP contribution in [0.4, 0.5) is 4.79 Å². The molecule has 3 aromatic carbocycles. The molecule has 1 N–H and O–H groups in total. The second-order valence-electron chi connectivity index (χ2n) is 7.62. The number of hydrogen-bond acceptors (Lipinski definition) is 2. The van der Waals surface area contributed by atoms with E-state index in [4.69, 9.17) is 27.9 Å². The first-order valence-electron chi connectivity index (χ1n) is 10.3. The highest BCUT2D eigenvalue weighted by atomic mass is 35.5. The molecule has 0 spiro atoms. The number of nitrogens with one attached hydrogen (secondary N) is 1. The molecule has 0 aliphatic carbocycles. The average molecular weight is 455 g/mol. The molecule has 4 nitrogen and oxygen atoms in total. The number of carbonyl (C=O) groups is 1. The smallest absolute Gasteiger partial charge is 0.317 e. The number of amides is 2. The average Bonchev–Trinajstić information content (AvgIpc) is 3.27. The second-order valence-corrected chi connectivity index (χ2v) is 8.49. The van der Waals surface area contributed by atoms with Crippen molar-refractivity contribution in [3.63, 3.8) is 0 Å². The third-order valence-electron chi connectivity index (χ3n) is 5.39. The number of urea groups is 1. The summed E-state index contributed by atoms with van der Waals surface area (Å²) >= 11 is 12.1. The van der Waals surface area contributed by atoms with E-state index in [-0.39, 0.29) is 18.2 Å². The first-order chi connectivity index (χ1) is 15.1. The maximum atomic E-state index is 12.6. The van der Waals surface area contributed by atoms with Crippen LogP contribution in [-0.2, 0) is 11.3 Å². The Morgan fingerprint density at radius 1 is 0.935 bits per heavy atom. The van der Waals surface area contributed by atoms with Crippen LogP contribution in [0.5, 0.6) is 0 Å². The summed E-state index contributed by atoms with van der Waals surface area (Å²) < 4.78 is 6.50. The first kappa shape index (κ1) is 21.7. The topological polar surface area (TPSA) is 41.6 Å². The summed E-state index contributed by atoms with van der Waals surface area (Å²) in [5.41, 5.74) is 3.10. The highest BCUT2D eigenvalue weighted by molar-refractivity contribution is 6.30. The van der Waals surface area contributed by atoms with Gasteiger partial charge in [-0.3, -0.25) is 0 Å². The van der Waals surface area contributed by atoms with E-state index in [0.717, 1.165) is 23.1 Å². The molecule has 1 saturated heterocycles. The van der Waals surface area contributed by atoms with E-state index in [2.05, 4.69) is 5.32 Å². The summed E-state index contributed by atoms with van der Waals surface area (Å²) in [5, 5.41) is 4.36. The molecule has 1 aliphatic rings. The number of carbonyl (C=O) groups excluding carboxylic acids is 1. The van der Waals surface area contributed by atoms with Crippen LogP contribution in [0.2, 0.25) is 10.0 Å². The number of hydrogen-bond donors (Lipinski definition) is 1. The second kappa shape index (κ2) is 10.2. The van der Waals surface area contributed by atoms with Crippen molar-refractivity contribution in [3.8, 4) is 0 Å². The number of halogens is 2. The molecular weight excluding hydrogens is 431 g/mol. The fraction of sp³-hybridized carbons (Fsp3) is 0.240. The van der Waals surface area contributed by atoms with Gasteiger partial charge in [-0.15, -0.1) is 0 Å². The minimum Gasteiger partial charge on any atom is -0.364 e. The van der Waals surface area contributed by atoms with Gasteiger partial charge in [-0.1, -0.05) is 77.8 Å². The van der Waals surface area contributed by atoms with E-state index in [9.17, 15) is 4.79 Å². The lowest BCUT2D eigenvalue weighted by atomic mass is 10.0. The Bertz CT molecular complexity index is 949.